The third-order valence-electron chi connectivity index (χ3n) is 5.22. The number of nitrogens with zero attached hydrogens (tertiary/aromatic N) is 2. The molecule has 0 N–H and O–H groups in total. The van der Waals surface area contributed by atoms with Gasteiger partial charge in [0, 0.05) is 18.7 Å². The highest BCUT2D eigenvalue weighted by Gasteiger charge is 2.31. The molecule has 4 nitrogen and oxygen atoms in total. The van der Waals surface area contributed by atoms with Gasteiger partial charge in [0.1, 0.15) is 17.4 Å². The summed E-state index contributed by atoms with van der Waals surface area (Å²) >= 11 is 0. The van der Waals surface area contributed by atoms with Crippen LogP contribution >= 0.6 is 0 Å². The minimum atomic E-state index is -0.347. The van der Waals surface area contributed by atoms with E-state index in [-0.39, 0.29) is 30.2 Å². The van der Waals surface area contributed by atoms with Crippen molar-refractivity contribution in [3.05, 3.63) is 95.3 Å². The van der Waals surface area contributed by atoms with Crippen LogP contribution in [0.4, 0.5) is 8.78 Å². The molecular weight excluding hydrogens is 386 g/mol. The number of benzene rings is 2. The van der Waals surface area contributed by atoms with Crippen molar-refractivity contribution in [2.75, 3.05) is 13.2 Å². The van der Waals surface area contributed by atoms with Gasteiger partial charge in [-0.05, 0) is 66.9 Å². The maximum atomic E-state index is 13.1. The maximum Gasteiger partial charge on any atom is 0.261 e. The number of halogens is 2. The first-order chi connectivity index (χ1) is 14.6. The number of hydrogen-bond donors (Lipinski definition) is 0. The predicted octanol–water partition coefficient (Wildman–Crippen LogP) is 4.69. The number of carbonyl (C=O) groups excluding carboxylic acids is 1. The van der Waals surface area contributed by atoms with Crippen molar-refractivity contribution in [2.45, 2.75) is 25.3 Å². The van der Waals surface area contributed by atoms with E-state index in [0.29, 0.717) is 18.7 Å². The number of aromatic nitrogens is 1. The molecule has 0 spiro atoms. The molecule has 154 valence electrons. The van der Waals surface area contributed by atoms with Crippen LogP contribution in [0.2, 0.25) is 0 Å². The van der Waals surface area contributed by atoms with Gasteiger partial charge in [0.15, 0.2) is 6.61 Å². The van der Waals surface area contributed by atoms with Gasteiger partial charge in [-0.1, -0.05) is 18.2 Å². The summed E-state index contributed by atoms with van der Waals surface area (Å²) in [6.07, 6.45) is 2.34. The molecule has 0 bridgehead atoms. The maximum absolute atomic E-state index is 13.1. The summed E-state index contributed by atoms with van der Waals surface area (Å²) < 4.78 is 31.6. The topological polar surface area (TPSA) is 42.4 Å². The van der Waals surface area contributed by atoms with E-state index in [1.807, 2.05) is 18.2 Å². The molecule has 0 radical (unpaired) electrons. The van der Waals surface area contributed by atoms with Gasteiger partial charge in [-0.3, -0.25) is 9.78 Å². The van der Waals surface area contributed by atoms with Crippen LogP contribution in [0.5, 0.6) is 5.75 Å². The summed E-state index contributed by atoms with van der Waals surface area (Å²) in [4.78, 5) is 19.3. The van der Waals surface area contributed by atoms with Crippen LogP contribution in [0.15, 0.2) is 66.7 Å². The molecule has 1 amide bonds. The van der Waals surface area contributed by atoms with Gasteiger partial charge < -0.3 is 9.64 Å². The number of pyridine rings is 1. The highest BCUT2D eigenvalue weighted by Crippen LogP contribution is 2.31. The second-order valence-corrected chi connectivity index (χ2v) is 7.34. The average molecular weight is 408 g/mol. The lowest BCUT2D eigenvalue weighted by atomic mass is 10.1. The van der Waals surface area contributed by atoms with Crippen molar-refractivity contribution in [2.24, 2.45) is 0 Å². The van der Waals surface area contributed by atoms with Gasteiger partial charge in [0.2, 0.25) is 0 Å². The molecule has 1 atom stereocenters. The predicted molar refractivity (Wildman–Crippen MR) is 109 cm³/mol. The summed E-state index contributed by atoms with van der Waals surface area (Å²) in [5.41, 5.74) is 2.70. The smallest absolute Gasteiger partial charge is 0.261 e. The van der Waals surface area contributed by atoms with E-state index < -0.39 is 0 Å². The fourth-order valence-corrected chi connectivity index (χ4v) is 3.73. The molecule has 2 aromatic carbocycles. The molecular formula is C24H22F2N2O2. The highest BCUT2D eigenvalue weighted by atomic mass is 19.1. The largest absolute Gasteiger partial charge is 0.484 e. The first-order valence-corrected chi connectivity index (χ1v) is 9.96. The van der Waals surface area contributed by atoms with Crippen LogP contribution in [0.1, 0.15) is 35.8 Å². The Morgan fingerprint density at radius 3 is 2.43 bits per heavy atom. The summed E-state index contributed by atoms with van der Waals surface area (Å²) in [6.45, 7) is 0.553. The van der Waals surface area contributed by atoms with Crippen LogP contribution in [-0.2, 0) is 11.2 Å². The van der Waals surface area contributed by atoms with Crippen molar-refractivity contribution >= 4 is 5.91 Å². The summed E-state index contributed by atoms with van der Waals surface area (Å²) in [5.74, 6) is -0.268. The number of likely N-dealkylation sites (tertiary alicyclic amines) is 1. The van der Waals surface area contributed by atoms with Crippen LogP contribution < -0.4 is 4.74 Å². The Hall–Kier alpha value is -3.28. The van der Waals surface area contributed by atoms with Crippen molar-refractivity contribution in [1.29, 1.82) is 0 Å². The number of ether oxygens (including phenoxy) is 1. The second-order valence-electron chi connectivity index (χ2n) is 7.34. The Balaban J connectivity index is 1.42. The molecule has 3 aromatic rings. The lowest BCUT2D eigenvalue weighted by Gasteiger charge is -2.24. The zero-order valence-corrected chi connectivity index (χ0v) is 16.4. The van der Waals surface area contributed by atoms with E-state index in [2.05, 4.69) is 0 Å². The van der Waals surface area contributed by atoms with E-state index in [4.69, 9.17) is 9.72 Å². The molecule has 1 fully saturated rings. The molecule has 1 saturated heterocycles. The Morgan fingerprint density at radius 1 is 1.00 bits per heavy atom. The van der Waals surface area contributed by atoms with Gasteiger partial charge in [-0.15, -0.1) is 0 Å². The molecule has 30 heavy (non-hydrogen) atoms. The molecule has 1 aliphatic heterocycles. The van der Waals surface area contributed by atoms with Crippen LogP contribution in [0.25, 0.3) is 0 Å². The van der Waals surface area contributed by atoms with Gasteiger partial charge in [-0.25, -0.2) is 8.78 Å². The Bertz CT molecular complexity index is 1010. The third-order valence-corrected chi connectivity index (χ3v) is 5.22. The molecule has 1 unspecified atom stereocenters. The van der Waals surface area contributed by atoms with Crippen molar-refractivity contribution in [3.63, 3.8) is 0 Å². The number of amides is 1. The van der Waals surface area contributed by atoms with E-state index in [9.17, 15) is 13.6 Å². The first-order valence-electron chi connectivity index (χ1n) is 9.96. The lowest BCUT2D eigenvalue weighted by molar-refractivity contribution is -0.134. The van der Waals surface area contributed by atoms with E-state index in [1.54, 1.807) is 17.0 Å². The molecule has 0 saturated carbocycles. The molecule has 1 aromatic heterocycles. The molecule has 2 heterocycles. The summed E-state index contributed by atoms with van der Waals surface area (Å²) in [5, 5.41) is 0. The standard InChI is InChI=1S/C24H22F2N2O2/c25-18-8-6-17(7-9-18)15-20-3-1-4-22(27-20)23-5-2-14-28(23)24(29)16-30-21-12-10-19(26)11-13-21/h1,3-4,6-13,23H,2,5,14-16H2. The zero-order chi connectivity index (χ0) is 20.9. The van der Waals surface area contributed by atoms with Crippen molar-refractivity contribution < 1.29 is 18.3 Å². The third kappa shape index (κ3) is 4.82. The van der Waals surface area contributed by atoms with Crippen LogP contribution in [0, 0.1) is 11.6 Å². The normalized spacial score (nSPS) is 15.9. The Labute approximate surface area is 174 Å². The first kappa shape index (κ1) is 20.0. The zero-order valence-electron chi connectivity index (χ0n) is 16.4. The number of rotatable bonds is 6. The Kier molecular flexibility index (Phi) is 6.02. The summed E-state index contributed by atoms with van der Waals surface area (Å²) in [6, 6.07) is 17.7. The van der Waals surface area contributed by atoms with Gasteiger partial charge in [0.05, 0.1) is 11.7 Å². The molecule has 6 heteroatoms. The summed E-state index contributed by atoms with van der Waals surface area (Å²) in [7, 11) is 0. The SMILES string of the molecule is O=C(COc1ccc(F)cc1)N1CCCC1c1cccc(Cc2ccc(F)cc2)n1. The fourth-order valence-electron chi connectivity index (χ4n) is 3.73. The minimum Gasteiger partial charge on any atom is -0.484 e. The molecule has 1 aliphatic rings. The Morgan fingerprint density at radius 2 is 1.70 bits per heavy atom. The molecule has 0 aliphatic carbocycles. The monoisotopic (exact) mass is 408 g/mol. The van der Waals surface area contributed by atoms with Gasteiger partial charge >= 0.3 is 0 Å². The van der Waals surface area contributed by atoms with Gasteiger partial charge in [-0.2, -0.15) is 0 Å². The van der Waals surface area contributed by atoms with E-state index in [0.717, 1.165) is 29.8 Å². The van der Waals surface area contributed by atoms with Crippen LogP contribution in [-0.4, -0.2) is 28.9 Å². The number of hydrogen-bond acceptors (Lipinski definition) is 3. The second kappa shape index (κ2) is 9.03. The van der Waals surface area contributed by atoms with E-state index in [1.165, 1.54) is 36.4 Å². The highest BCUT2D eigenvalue weighted by molar-refractivity contribution is 5.78. The quantitative estimate of drug-likeness (QED) is 0.594. The van der Waals surface area contributed by atoms with E-state index >= 15 is 0 Å². The van der Waals surface area contributed by atoms with Crippen LogP contribution in [0.3, 0.4) is 0 Å². The molecule has 4 rings (SSSR count). The van der Waals surface area contributed by atoms with Gasteiger partial charge in [0.25, 0.3) is 5.91 Å². The van der Waals surface area contributed by atoms with Crippen molar-refractivity contribution in [3.8, 4) is 5.75 Å². The minimum absolute atomic E-state index is 0.0949. The van der Waals surface area contributed by atoms with Crippen molar-refractivity contribution in [1.82, 2.24) is 9.88 Å². The average Bonchev–Trinajstić information content (AvgIpc) is 3.25. The lowest BCUT2D eigenvalue weighted by Crippen LogP contribution is -2.34. The fraction of sp³-hybridized carbons (Fsp3) is 0.250. The number of carbonyl (C=O) groups is 1.